The molecule has 0 amide bonds. The molecular weight excluding hydrogens is 295 g/mol. The van der Waals surface area contributed by atoms with Crippen molar-refractivity contribution in [1.82, 2.24) is 0 Å². The van der Waals surface area contributed by atoms with Crippen molar-refractivity contribution < 1.29 is 9.53 Å². The minimum Gasteiger partial charge on any atom is -0.491 e. The third-order valence-corrected chi connectivity index (χ3v) is 3.19. The predicted octanol–water partition coefficient (Wildman–Crippen LogP) is 5.01. The van der Waals surface area contributed by atoms with Gasteiger partial charge in [-0.25, -0.2) is 0 Å². The van der Waals surface area contributed by atoms with Crippen LogP contribution in [0.5, 0.6) is 5.75 Å². The van der Waals surface area contributed by atoms with E-state index >= 15 is 0 Å². The summed E-state index contributed by atoms with van der Waals surface area (Å²) in [5, 5.41) is 0.848. The monoisotopic (exact) mass is 308 g/mol. The van der Waals surface area contributed by atoms with Crippen molar-refractivity contribution in [2.45, 2.75) is 20.0 Å². The third kappa shape index (κ3) is 3.53. The van der Waals surface area contributed by atoms with E-state index < -0.39 is 0 Å². The van der Waals surface area contributed by atoms with Crippen LogP contribution in [0.15, 0.2) is 42.5 Å². The van der Waals surface area contributed by atoms with Crippen molar-refractivity contribution in [2.75, 3.05) is 0 Å². The molecule has 2 aromatic rings. The van der Waals surface area contributed by atoms with E-state index in [2.05, 4.69) is 0 Å². The minimum atomic E-state index is -0.152. The SMILES string of the molecule is CC(C)Oc1cccc(C(=O)c2ccc(Cl)cc2Cl)c1. The Hall–Kier alpha value is -1.51. The molecule has 0 bridgehead atoms. The molecule has 4 heteroatoms. The van der Waals surface area contributed by atoms with Gasteiger partial charge in [0.2, 0.25) is 0 Å². The predicted molar refractivity (Wildman–Crippen MR) is 82.1 cm³/mol. The molecule has 2 nitrogen and oxygen atoms in total. The molecule has 0 radical (unpaired) electrons. The molecule has 2 aromatic carbocycles. The van der Waals surface area contributed by atoms with Crippen molar-refractivity contribution in [2.24, 2.45) is 0 Å². The van der Waals surface area contributed by atoms with Crippen LogP contribution >= 0.6 is 23.2 Å². The number of carbonyl (C=O) groups excluding carboxylic acids is 1. The average molecular weight is 309 g/mol. The van der Waals surface area contributed by atoms with Crippen molar-refractivity contribution >= 4 is 29.0 Å². The fourth-order valence-electron chi connectivity index (χ4n) is 1.81. The number of ether oxygens (including phenoxy) is 1. The fourth-order valence-corrected chi connectivity index (χ4v) is 2.31. The van der Waals surface area contributed by atoms with Crippen molar-refractivity contribution in [3.8, 4) is 5.75 Å². The Balaban J connectivity index is 2.33. The van der Waals surface area contributed by atoms with Gasteiger partial charge in [0.15, 0.2) is 5.78 Å². The van der Waals surface area contributed by atoms with E-state index in [0.717, 1.165) is 0 Å². The maximum atomic E-state index is 12.4. The first kappa shape index (κ1) is 14.9. The van der Waals surface area contributed by atoms with Crippen LogP contribution in [-0.4, -0.2) is 11.9 Å². The summed E-state index contributed by atoms with van der Waals surface area (Å²) in [6.45, 7) is 3.87. The Bertz CT molecular complexity index is 636. The molecule has 0 atom stereocenters. The molecule has 2 rings (SSSR count). The number of carbonyl (C=O) groups is 1. The Morgan fingerprint density at radius 1 is 1.10 bits per heavy atom. The van der Waals surface area contributed by atoms with Gasteiger partial charge in [-0.1, -0.05) is 35.3 Å². The van der Waals surface area contributed by atoms with Gasteiger partial charge in [0.1, 0.15) is 5.75 Å². The zero-order valence-electron chi connectivity index (χ0n) is 11.2. The van der Waals surface area contributed by atoms with Crippen LogP contribution in [-0.2, 0) is 0 Å². The molecule has 0 aliphatic carbocycles. The smallest absolute Gasteiger partial charge is 0.194 e. The molecule has 0 saturated carbocycles. The quantitative estimate of drug-likeness (QED) is 0.742. The summed E-state index contributed by atoms with van der Waals surface area (Å²) in [5.41, 5.74) is 0.963. The highest BCUT2D eigenvalue weighted by Gasteiger charge is 2.14. The van der Waals surface area contributed by atoms with Crippen molar-refractivity contribution in [1.29, 1.82) is 0 Å². The first-order valence-electron chi connectivity index (χ1n) is 6.24. The summed E-state index contributed by atoms with van der Waals surface area (Å²) >= 11 is 11.9. The molecule has 0 saturated heterocycles. The van der Waals surface area contributed by atoms with Crippen LogP contribution in [0.4, 0.5) is 0 Å². The zero-order valence-corrected chi connectivity index (χ0v) is 12.7. The maximum absolute atomic E-state index is 12.4. The molecule has 20 heavy (non-hydrogen) atoms. The number of ketones is 1. The van der Waals surface area contributed by atoms with Crippen LogP contribution in [0.25, 0.3) is 0 Å². The van der Waals surface area contributed by atoms with E-state index in [-0.39, 0.29) is 11.9 Å². The Labute approximate surface area is 128 Å². The molecule has 0 heterocycles. The molecule has 0 spiro atoms. The first-order valence-corrected chi connectivity index (χ1v) is 6.99. The molecule has 0 aliphatic heterocycles. The van der Waals surface area contributed by atoms with Crippen LogP contribution < -0.4 is 4.74 Å². The van der Waals surface area contributed by atoms with E-state index in [1.54, 1.807) is 36.4 Å². The molecule has 0 aliphatic rings. The highest BCUT2D eigenvalue weighted by atomic mass is 35.5. The molecule has 0 unspecified atom stereocenters. The van der Waals surface area contributed by atoms with Crippen molar-refractivity contribution in [3.63, 3.8) is 0 Å². The number of rotatable bonds is 4. The standard InChI is InChI=1S/C16H14Cl2O2/c1-10(2)20-13-5-3-4-11(8-13)16(19)14-7-6-12(17)9-15(14)18/h3-10H,1-2H3. The summed E-state index contributed by atoms with van der Waals surface area (Å²) in [5.74, 6) is 0.511. The summed E-state index contributed by atoms with van der Waals surface area (Å²) in [6.07, 6.45) is 0.0551. The van der Waals surface area contributed by atoms with Crippen LogP contribution in [0, 0.1) is 0 Å². The number of halogens is 2. The summed E-state index contributed by atoms with van der Waals surface area (Å²) in [7, 11) is 0. The largest absolute Gasteiger partial charge is 0.491 e. The summed E-state index contributed by atoms with van der Waals surface area (Å²) in [4.78, 5) is 12.4. The minimum absolute atomic E-state index is 0.0551. The topological polar surface area (TPSA) is 26.3 Å². The Morgan fingerprint density at radius 3 is 2.50 bits per heavy atom. The highest BCUT2D eigenvalue weighted by Crippen LogP contribution is 2.25. The van der Waals surface area contributed by atoms with E-state index in [0.29, 0.717) is 26.9 Å². The summed E-state index contributed by atoms with van der Waals surface area (Å²) in [6, 6.07) is 11.9. The van der Waals surface area contributed by atoms with Crippen LogP contribution in [0.2, 0.25) is 10.0 Å². The van der Waals surface area contributed by atoms with Crippen molar-refractivity contribution in [3.05, 3.63) is 63.6 Å². The van der Waals surface area contributed by atoms with E-state index in [4.69, 9.17) is 27.9 Å². The Morgan fingerprint density at radius 2 is 1.85 bits per heavy atom. The number of hydrogen-bond acceptors (Lipinski definition) is 2. The molecule has 0 N–H and O–H groups in total. The van der Waals surface area contributed by atoms with Gasteiger partial charge in [0.25, 0.3) is 0 Å². The lowest BCUT2D eigenvalue weighted by atomic mass is 10.0. The van der Waals surface area contributed by atoms with Gasteiger partial charge in [-0.3, -0.25) is 4.79 Å². The first-order chi connectivity index (χ1) is 9.47. The highest BCUT2D eigenvalue weighted by molar-refractivity contribution is 6.37. The lowest BCUT2D eigenvalue weighted by molar-refractivity contribution is 0.103. The van der Waals surface area contributed by atoms with E-state index in [9.17, 15) is 4.79 Å². The second-order valence-electron chi connectivity index (χ2n) is 4.65. The normalized spacial score (nSPS) is 10.7. The summed E-state index contributed by atoms with van der Waals surface area (Å²) < 4.78 is 5.58. The maximum Gasteiger partial charge on any atom is 0.194 e. The number of hydrogen-bond donors (Lipinski definition) is 0. The second-order valence-corrected chi connectivity index (χ2v) is 5.49. The number of benzene rings is 2. The molecular formula is C16H14Cl2O2. The van der Waals surface area contributed by atoms with Gasteiger partial charge < -0.3 is 4.74 Å². The zero-order chi connectivity index (χ0) is 14.7. The van der Waals surface area contributed by atoms with Gasteiger partial charge in [-0.15, -0.1) is 0 Å². The van der Waals surface area contributed by atoms with Gasteiger partial charge in [0, 0.05) is 16.1 Å². The third-order valence-electron chi connectivity index (χ3n) is 2.64. The van der Waals surface area contributed by atoms with E-state index in [1.165, 1.54) is 0 Å². The van der Waals surface area contributed by atoms with Gasteiger partial charge in [0.05, 0.1) is 11.1 Å². The average Bonchev–Trinajstić information content (AvgIpc) is 2.37. The molecule has 0 aromatic heterocycles. The lowest BCUT2D eigenvalue weighted by Crippen LogP contribution is -2.07. The van der Waals surface area contributed by atoms with Gasteiger partial charge in [-0.05, 0) is 44.2 Å². The van der Waals surface area contributed by atoms with E-state index in [1.807, 2.05) is 19.9 Å². The molecule has 104 valence electrons. The Kier molecular flexibility index (Phi) is 4.69. The second kappa shape index (κ2) is 6.29. The van der Waals surface area contributed by atoms with Gasteiger partial charge >= 0.3 is 0 Å². The van der Waals surface area contributed by atoms with Crippen LogP contribution in [0.1, 0.15) is 29.8 Å². The fraction of sp³-hybridized carbons (Fsp3) is 0.188. The van der Waals surface area contributed by atoms with Crippen LogP contribution in [0.3, 0.4) is 0 Å². The lowest BCUT2D eigenvalue weighted by Gasteiger charge is -2.11. The molecule has 0 fully saturated rings. The van der Waals surface area contributed by atoms with Gasteiger partial charge in [-0.2, -0.15) is 0 Å².